The summed E-state index contributed by atoms with van der Waals surface area (Å²) < 4.78 is 0. The summed E-state index contributed by atoms with van der Waals surface area (Å²) in [5.74, 6) is -0.0797. The number of piperidine rings is 1. The molecule has 1 unspecified atom stereocenters. The standard InChI is InChI=1S/C14H24N2O3/c1-2-11-3-6-15(9-11)10-13(17)16-7-4-12(5-8-16)14(18)19/h11-12H,2-10H2,1H3,(H,18,19). The molecule has 0 bridgehead atoms. The van der Waals surface area contributed by atoms with Crippen molar-refractivity contribution in [3.05, 3.63) is 0 Å². The summed E-state index contributed by atoms with van der Waals surface area (Å²) >= 11 is 0. The topological polar surface area (TPSA) is 60.9 Å². The van der Waals surface area contributed by atoms with Gasteiger partial charge in [-0.2, -0.15) is 0 Å². The molecule has 0 aromatic carbocycles. The molecule has 1 amide bonds. The highest BCUT2D eigenvalue weighted by atomic mass is 16.4. The minimum atomic E-state index is -0.725. The summed E-state index contributed by atoms with van der Waals surface area (Å²) in [5, 5.41) is 8.94. The highest BCUT2D eigenvalue weighted by Crippen LogP contribution is 2.20. The van der Waals surface area contributed by atoms with Crippen LogP contribution < -0.4 is 0 Å². The van der Waals surface area contributed by atoms with E-state index in [0.717, 1.165) is 19.0 Å². The molecule has 2 saturated heterocycles. The maximum absolute atomic E-state index is 12.2. The van der Waals surface area contributed by atoms with Crippen LogP contribution in [-0.2, 0) is 9.59 Å². The van der Waals surface area contributed by atoms with Gasteiger partial charge in [0.05, 0.1) is 12.5 Å². The molecule has 2 aliphatic heterocycles. The Morgan fingerprint density at radius 3 is 2.37 bits per heavy atom. The molecule has 0 aromatic rings. The normalized spacial score (nSPS) is 25.7. The molecule has 5 heteroatoms. The quantitative estimate of drug-likeness (QED) is 0.827. The zero-order chi connectivity index (χ0) is 13.8. The molecule has 2 heterocycles. The van der Waals surface area contributed by atoms with Gasteiger partial charge >= 0.3 is 5.97 Å². The number of nitrogens with zero attached hydrogens (tertiary/aromatic N) is 2. The van der Waals surface area contributed by atoms with Crippen molar-refractivity contribution < 1.29 is 14.7 Å². The molecule has 19 heavy (non-hydrogen) atoms. The van der Waals surface area contributed by atoms with Gasteiger partial charge in [-0.15, -0.1) is 0 Å². The summed E-state index contributed by atoms with van der Waals surface area (Å²) in [6, 6.07) is 0. The Balaban J connectivity index is 1.74. The van der Waals surface area contributed by atoms with Crippen LogP contribution in [0.15, 0.2) is 0 Å². The lowest BCUT2D eigenvalue weighted by atomic mass is 9.97. The van der Waals surface area contributed by atoms with E-state index in [1.165, 1.54) is 12.8 Å². The van der Waals surface area contributed by atoms with Crippen LogP contribution in [0.5, 0.6) is 0 Å². The van der Waals surface area contributed by atoms with Gasteiger partial charge in [0.2, 0.25) is 5.91 Å². The highest BCUT2D eigenvalue weighted by molar-refractivity contribution is 5.79. The molecule has 0 spiro atoms. The molecule has 1 N–H and O–H groups in total. The number of hydrogen-bond donors (Lipinski definition) is 1. The average Bonchev–Trinajstić information content (AvgIpc) is 2.86. The summed E-state index contributed by atoms with van der Waals surface area (Å²) in [4.78, 5) is 27.1. The van der Waals surface area contributed by atoms with Crippen LogP contribution in [0.1, 0.15) is 32.6 Å². The van der Waals surface area contributed by atoms with Crippen molar-refractivity contribution in [2.24, 2.45) is 11.8 Å². The largest absolute Gasteiger partial charge is 0.481 e. The van der Waals surface area contributed by atoms with Crippen molar-refractivity contribution in [1.29, 1.82) is 0 Å². The Hall–Kier alpha value is -1.10. The number of carboxylic acid groups (broad SMARTS) is 1. The SMILES string of the molecule is CCC1CCN(CC(=O)N2CCC(C(=O)O)CC2)C1. The molecule has 0 radical (unpaired) electrons. The Morgan fingerprint density at radius 2 is 1.84 bits per heavy atom. The molecule has 0 aromatic heterocycles. The van der Waals surface area contributed by atoms with Crippen LogP contribution in [0.25, 0.3) is 0 Å². The second-order valence-electron chi connectivity index (χ2n) is 5.79. The minimum absolute atomic E-state index is 0.167. The van der Waals surface area contributed by atoms with Gasteiger partial charge in [-0.1, -0.05) is 13.3 Å². The van der Waals surface area contributed by atoms with Crippen molar-refractivity contribution >= 4 is 11.9 Å². The first-order chi connectivity index (χ1) is 9.10. The number of hydrogen-bond acceptors (Lipinski definition) is 3. The first kappa shape index (κ1) is 14.3. The van der Waals surface area contributed by atoms with E-state index < -0.39 is 5.97 Å². The predicted molar refractivity (Wildman–Crippen MR) is 71.8 cm³/mol. The Morgan fingerprint density at radius 1 is 1.16 bits per heavy atom. The number of carboxylic acids is 1. The van der Waals surface area contributed by atoms with Gasteiger partial charge < -0.3 is 10.0 Å². The molecule has 2 rings (SSSR count). The fraction of sp³-hybridized carbons (Fsp3) is 0.857. The fourth-order valence-electron chi connectivity index (χ4n) is 3.06. The zero-order valence-corrected chi connectivity index (χ0v) is 11.7. The van der Waals surface area contributed by atoms with Gasteiger partial charge in [0.15, 0.2) is 0 Å². The first-order valence-electron chi connectivity index (χ1n) is 7.33. The number of carbonyl (C=O) groups is 2. The van der Waals surface area contributed by atoms with E-state index in [9.17, 15) is 9.59 Å². The second-order valence-corrected chi connectivity index (χ2v) is 5.79. The van der Waals surface area contributed by atoms with Crippen molar-refractivity contribution in [3.63, 3.8) is 0 Å². The van der Waals surface area contributed by atoms with Gasteiger partial charge in [0, 0.05) is 19.6 Å². The van der Waals surface area contributed by atoms with Crippen molar-refractivity contribution in [2.75, 3.05) is 32.7 Å². The van der Waals surface area contributed by atoms with Crippen LogP contribution >= 0.6 is 0 Å². The van der Waals surface area contributed by atoms with E-state index in [1.807, 2.05) is 4.90 Å². The van der Waals surface area contributed by atoms with Crippen LogP contribution in [0, 0.1) is 11.8 Å². The Kier molecular flexibility index (Phi) is 4.80. The van der Waals surface area contributed by atoms with Gasteiger partial charge in [-0.3, -0.25) is 14.5 Å². The number of rotatable bonds is 4. The smallest absolute Gasteiger partial charge is 0.306 e. The molecule has 0 aliphatic carbocycles. The number of carbonyl (C=O) groups excluding carboxylic acids is 1. The van der Waals surface area contributed by atoms with Crippen LogP contribution in [0.4, 0.5) is 0 Å². The summed E-state index contributed by atoms with van der Waals surface area (Å²) in [6.45, 7) is 5.96. The fourth-order valence-corrected chi connectivity index (χ4v) is 3.06. The van der Waals surface area contributed by atoms with Gasteiger partial charge in [0.25, 0.3) is 0 Å². The zero-order valence-electron chi connectivity index (χ0n) is 11.7. The monoisotopic (exact) mass is 268 g/mol. The Labute approximate surface area is 114 Å². The second kappa shape index (κ2) is 6.37. The van der Waals surface area contributed by atoms with Gasteiger partial charge in [-0.25, -0.2) is 0 Å². The summed E-state index contributed by atoms with van der Waals surface area (Å²) in [5.41, 5.74) is 0. The molecular weight excluding hydrogens is 244 g/mol. The molecule has 0 saturated carbocycles. The molecule has 1 atom stereocenters. The van der Waals surface area contributed by atoms with Crippen molar-refractivity contribution in [3.8, 4) is 0 Å². The van der Waals surface area contributed by atoms with Crippen molar-refractivity contribution in [2.45, 2.75) is 32.6 Å². The number of aliphatic carboxylic acids is 1. The molecule has 108 valence electrons. The van der Waals surface area contributed by atoms with E-state index >= 15 is 0 Å². The third-order valence-corrected chi connectivity index (χ3v) is 4.50. The van der Waals surface area contributed by atoms with Crippen LogP contribution in [0.2, 0.25) is 0 Å². The third-order valence-electron chi connectivity index (χ3n) is 4.50. The lowest BCUT2D eigenvalue weighted by molar-refractivity contribution is -0.145. The van der Waals surface area contributed by atoms with Crippen LogP contribution in [0.3, 0.4) is 0 Å². The molecular formula is C14H24N2O3. The highest BCUT2D eigenvalue weighted by Gasteiger charge is 2.29. The van der Waals surface area contributed by atoms with E-state index in [2.05, 4.69) is 11.8 Å². The van der Waals surface area contributed by atoms with E-state index in [1.54, 1.807) is 0 Å². The van der Waals surface area contributed by atoms with Gasteiger partial charge in [-0.05, 0) is 31.7 Å². The van der Waals surface area contributed by atoms with Crippen LogP contribution in [-0.4, -0.2) is 59.5 Å². The number of likely N-dealkylation sites (tertiary alicyclic amines) is 2. The minimum Gasteiger partial charge on any atom is -0.481 e. The van der Waals surface area contributed by atoms with E-state index in [-0.39, 0.29) is 11.8 Å². The lowest BCUT2D eigenvalue weighted by Crippen LogP contribution is -2.44. The summed E-state index contributed by atoms with van der Waals surface area (Å²) in [6.07, 6.45) is 3.58. The predicted octanol–water partition coefficient (Wildman–Crippen LogP) is 1.04. The molecule has 5 nitrogen and oxygen atoms in total. The first-order valence-corrected chi connectivity index (χ1v) is 7.33. The summed E-state index contributed by atoms with van der Waals surface area (Å²) in [7, 11) is 0. The average molecular weight is 268 g/mol. The van der Waals surface area contributed by atoms with E-state index in [4.69, 9.17) is 5.11 Å². The van der Waals surface area contributed by atoms with Crippen molar-refractivity contribution in [1.82, 2.24) is 9.80 Å². The molecule has 2 aliphatic rings. The lowest BCUT2D eigenvalue weighted by Gasteiger charge is -2.31. The maximum Gasteiger partial charge on any atom is 0.306 e. The third kappa shape index (κ3) is 3.69. The Bertz CT molecular complexity index is 338. The molecule has 2 fully saturated rings. The number of amides is 1. The van der Waals surface area contributed by atoms with E-state index in [0.29, 0.717) is 32.5 Å². The maximum atomic E-state index is 12.2. The van der Waals surface area contributed by atoms with Gasteiger partial charge in [0.1, 0.15) is 0 Å².